The summed E-state index contributed by atoms with van der Waals surface area (Å²) in [5.41, 5.74) is 3.47. The van der Waals surface area contributed by atoms with Crippen LogP contribution >= 0.6 is 0 Å². The maximum atomic E-state index is 12.6. The van der Waals surface area contributed by atoms with Gasteiger partial charge in [-0.1, -0.05) is 36.4 Å². The highest BCUT2D eigenvalue weighted by molar-refractivity contribution is 5.79. The zero-order valence-electron chi connectivity index (χ0n) is 17.9. The fraction of sp³-hybridized carbons (Fsp3) is 0.417. The number of piperazine rings is 1. The summed E-state index contributed by atoms with van der Waals surface area (Å²) in [4.78, 5) is 28.8. The summed E-state index contributed by atoms with van der Waals surface area (Å²) in [6.07, 6.45) is 1.21. The van der Waals surface area contributed by atoms with Crippen LogP contribution in [0.4, 0.5) is 0 Å². The van der Waals surface area contributed by atoms with E-state index in [1.165, 1.54) is 11.1 Å². The molecule has 0 spiro atoms. The first-order valence-electron chi connectivity index (χ1n) is 10.5. The lowest BCUT2D eigenvalue weighted by Gasteiger charge is -2.34. The van der Waals surface area contributed by atoms with Gasteiger partial charge in [0, 0.05) is 32.7 Å². The number of hydrogen-bond acceptors (Lipinski definition) is 4. The Morgan fingerprint density at radius 3 is 2.53 bits per heavy atom. The van der Waals surface area contributed by atoms with E-state index < -0.39 is 0 Å². The molecule has 160 valence electrons. The molecule has 0 saturated carbocycles. The van der Waals surface area contributed by atoms with Gasteiger partial charge in [0.25, 0.3) is 0 Å². The van der Waals surface area contributed by atoms with Crippen LogP contribution in [0.5, 0.6) is 5.75 Å². The number of aryl methyl sites for hydroxylation is 1. The van der Waals surface area contributed by atoms with E-state index in [2.05, 4.69) is 29.3 Å². The van der Waals surface area contributed by atoms with Crippen LogP contribution in [0.25, 0.3) is 0 Å². The molecule has 1 heterocycles. The lowest BCUT2D eigenvalue weighted by molar-refractivity contribution is -0.132. The van der Waals surface area contributed by atoms with E-state index in [1.54, 1.807) is 7.11 Å². The summed E-state index contributed by atoms with van der Waals surface area (Å²) in [5.74, 6) is 0.920. The zero-order valence-corrected chi connectivity index (χ0v) is 17.9. The second-order valence-electron chi connectivity index (χ2n) is 7.71. The Morgan fingerprint density at radius 2 is 1.80 bits per heavy atom. The minimum atomic E-state index is 0.0414. The highest BCUT2D eigenvalue weighted by atomic mass is 16.5. The normalized spacial score (nSPS) is 14.4. The van der Waals surface area contributed by atoms with Crippen LogP contribution in [-0.2, 0) is 22.4 Å². The van der Waals surface area contributed by atoms with Crippen molar-refractivity contribution in [3.63, 3.8) is 0 Å². The monoisotopic (exact) mass is 409 g/mol. The van der Waals surface area contributed by atoms with E-state index in [1.807, 2.05) is 41.3 Å². The van der Waals surface area contributed by atoms with Crippen LogP contribution in [0.3, 0.4) is 0 Å². The van der Waals surface area contributed by atoms with Crippen LogP contribution in [0.15, 0.2) is 48.5 Å². The molecule has 2 aromatic carbocycles. The van der Waals surface area contributed by atoms with Crippen LogP contribution in [0.1, 0.15) is 16.7 Å². The maximum Gasteiger partial charge on any atom is 0.234 e. The number of nitrogens with one attached hydrogen (secondary N) is 1. The molecule has 0 aliphatic carbocycles. The van der Waals surface area contributed by atoms with Gasteiger partial charge in [-0.25, -0.2) is 0 Å². The number of amides is 2. The SMILES string of the molecule is COc1cccc(CC(=O)N2CCN(CC(=O)NCCc3ccccc3C)CC2)c1. The number of carbonyl (C=O) groups is 2. The third-order valence-electron chi connectivity index (χ3n) is 5.56. The Hall–Kier alpha value is -2.86. The van der Waals surface area contributed by atoms with Gasteiger partial charge in [0.1, 0.15) is 5.75 Å². The molecule has 0 aromatic heterocycles. The molecule has 2 aromatic rings. The van der Waals surface area contributed by atoms with Crippen LogP contribution in [0.2, 0.25) is 0 Å². The Morgan fingerprint density at radius 1 is 1.03 bits per heavy atom. The predicted molar refractivity (Wildman–Crippen MR) is 118 cm³/mol. The molecule has 6 nitrogen and oxygen atoms in total. The highest BCUT2D eigenvalue weighted by Crippen LogP contribution is 2.14. The average molecular weight is 410 g/mol. The summed E-state index contributed by atoms with van der Waals surface area (Å²) >= 11 is 0. The van der Waals surface area contributed by atoms with Crippen molar-refractivity contribution in [3.8, 4) is 5.75 Å². The van der Waals surface area contributed by atoms with Crippen molar-refractivity contribution in [3.05, 3.63) is 65.2 Å². The van der Waals surface area contributed by atoms with Crippen molar-refractivity contribution in [1.82, 2.24) is 15.1 Å². The van der Waals surface area contributed by atoms with Gasteiger partial charge in [-0.2, -0.15) is 0 Å². The molecule has 1 saturated heterocycles. The van der Waals surface area contributed by atoms with Crippen molar-refractivity contribution < 1.29 is 14.3 Å². The largest absolute Gasteiger partial charge is 0.497 e. The number of nitrogens with zero attached hydrogens (tertiary/aromatic N) is 2. The Labute approximate surface area is 178 Å². The van der Waals surface area contributed by atoms with Crippen molar-refractivity contribution in [1.29, 1.82) is 0 Å². The molecule has 1 aliphatic heterocycles. The molecule has 2 amide bonds. The fourth-order valence-corrected chi connectivity index (χ4v) is 3.71. The maximum absolute atomic E-state index is 12.6. The summed E-state index contributed by atoms with van der Waals surface area (Å²) < 4.78 is 5.22. The van der Waals surface area contributed by atoms with E-state index in [0.29, 0.717) is 32.6 Å². The second kappa shape index (κ2) is 10.8. The molecule has 0 bridgehead atoms. The Balaban J connectivity index is 1.37. The highest BCUT2D eigenvalue weighted by Gasteiger charge is 2.22. The molecular formula is C24H31N3O3. The van der Waals surface area contributed by atoms with Gasteiger partial charge >= 0.3 is 0 Å². The lowest BCUT2D eigenvalue weighted by Crippen LogP contribution is -2.51. The minimum absolute atomic E-state index is 0.0414. The number of benzene rings is 2. The van der Waals surface area contributed by atoms with E-state index in [9.17, 15) is 9.59 Å². The van der Waals surface area contributed by atoms with Gasteiger partial charge in [0.05, 0.1) is 20.1 Å². The van der Waals surface area contributed by atoms with Crippen LogP contribution < -0.4 is 10.1 Å². The third-order valence-corrected chi connectivity index (χ3v) is 5.56. The number of methoxy groups -OCH3 is 1. The summed E-state index contributed by atoms with van der Waals surface area (Å²) in [5, 5.41) is 3.01. The van der Waals surface area contributed by atoms with Crippen LogP contribution in [0, 0.1) is 6.92 Å². The molecule has 3 rings (SSSR count). The molecule has 0 radical (unpaired) electrons. The average Bonchev–Trinajstić information content (AvgIpc) is 2.75. The van der Waals surface area contributed by atoms with E-state index >= 15 is 0 Å². The summed E-state index contributed by atoms with van der Waals surface area (Å²) in [7, 11) is 1.62. The third kappa shape index (κ3) is 6.32. The first-order valence-corrected chi connectivity index (χ1v) is 10.5. The first kappa shape index (κ1) is 21.8. The molecule has 1 aliphatic rings. The van der Waals surface area contributed by atoms with Crippen LogP contribution in [-0.4, -0.2) is 68.0 Å². The molecule has 6 heteroatoms. The molecule has 30 heavy (non-hydrogen) atoms. The molecule has 0 atom stereocenters. The predicted octanol–water partition coefficient (Wildman–Crippen LogP) is 2.05. The van der Waals surface area contributed by atoms with Gasteiger partial charge in [0.2, 0.25) is 11.8 Å². The zero-order chi connectivity index (χ0) is 21.3. The molecule has 1 fully saturated rings. The van der Waals surface area contributed by atoms with Gasteiger partial charge in [-0.15, -0.1) is 0 Å². The summed E-state index contributed by atoms with van der Waals surface area (Å²) in [6, 6.07) is 15.9. The quantitative estimate of drug-likeness (QED) is 0.725. The van der Waals surface area contributed by atoms with Crippen molar-refractivity contribution in [2.75, 3.05) is 46.4 Å². The summed E-state index contributed by atoms with van der Waals surface area (Å²) in [6.45, 7) is 5.85. The fourth-order valence-electron chi connectivity index (χ4n) is 3.71. The number of carbonyl (C=O) groups excluding carboxylic acids is 2. The smallest absolute Gasteiger partial charge is 0.234 e. The number of ether oxygens (including phenoxy) is 1. The first-order chi connectivity index (χ1) is 14.5. The van der Waals surface area contributed by atoms with Gasteiger partial charge < -0.3 is 15.0 Å². The van der Waals surface area contributed by atoms with Crippen molar-refractivity contribution in [2.24, 2.45) is 0 Å². The minimum Gasteiger partial charge on any atom is -0.497 e. The molecular weight excluding hydrogens is 378 g/mol. The van der Waals surface area contributed by atoms with E-state index in [-0.39, 0.29) is 11.8 Å². The topological polar surface area (TPSA) is 61.9 Å². The number of rotatable bonds is 8. The molecule has 1 N–H and O–H groups in total. The van der Waals surface area contributed by atoms with Crippen molar-refractivity contribution in [2.45, 2.75) is 19.8 Å². The Kier molecular flexibility index (Phi) is 7.85. The standard InChI is InChI=1S/C24H31N3O3/c1-19-6-3-4-8-21(19)10-11-25-23(28)18-26-12-14-27(15-13-26)24(29)17-20-7-5-9-22(16-20)30-2/h3-9,16H,10-15,17-18H2,1-2H3,(H,25,28). The molecule has 0 unspecified atom stereocenters. The van der Waals surface area contributed by atoms with Crippen molar-refractivity contribution >= 4 is 11.8 Å². The second-order valence-corrected chi connectivity index (χ2v) is 7.71. The Bertz CT molecular complexity index is 860. The lowest BCUT2D eigenvalue weighted by atomic mass is 10.1. The van der Waals surface area contributed by atoms with E-state index in [4.69, 9.17) is 4.74 Å². The van der Waals surface area contributed by atoms with Gasteiger partial charge in [0.15, 0.2) is 0 Å². The number of hydrogen-bond donors (Lipinski definition) is 1. The van der Waals surface area contributed by atoms with Gasteiger partial charge in [-0.05, 0) is 42.2 Å². The van der Waals surface area contributed by atoms with E-state index in [0.717, 1.165) is 30.8 Å². The van der Waals surface area contributed by atoms with Gasteiger partial charge in [-0.3, -0.25) is 14.5 Å².